The highest BCUT2D eigenvalue weighted by Gasteiger charge is 2.13. The fourth-order valence-corrected chi connectivity index (χ4v) is 3.56. The molecule has 1 heterocycles. The van der Waals surface area contributed by atoms with Crippen LogP contribution >= 0.6 is 0 Å². The molecule has 0 unspecified atom stereocenters. The van der Waals surface area contributed by atoms with Crippen LogP contribution in [0.2, 0.25) is 0 Å². The molecular formula is C23H17NO. The summed E-state index contributed by atoms with van der Waals surface area (Å²) in [7, 11) is 0. The standard InChI is InChI=1S/C23H17NO/c1-15-13-16-7-5-6-10-19(16)22-20-14-18(11-12-21(20)25-23(15)22)24-17-8-3-2-4-9-17/h2-14,24H,1H3. The molecule has 0 spiro atoms. The van der Waals surface area contributed by atoms with Gasteiger partial charge in [-0.1, -0.05) is 42.5 Å². The summed E-state index contributed by atoms with van der Waals surface area (Å²) in [5.41, 5.74) is 5.21. The molecular weight excluding hydrogens is 306 g/mol. The van der Waals surface area contributed by atoms with Crippen molar-refractivity contribution in [2.24, 2.45) is 0 Å². The second kappa shape index (κ2) is 5.38. The molecule has 25 heavy (non-hydrogen) atoms. The molecule has 5 aromatic rings. The predicted octanol–water partition coefficient (Wildman–Crippen LogP) is 6.79. The quantitative estimate of drug-likeness (QED) is 0.387. The third-order valence-corrected chi connectivity index (χ3v) is 4.71. The Balaban J connectivity index is 1.78. The van der Waals surface area contributed by atoms with Crippen molar-refractivity contribution < 1.29 is 4.42 Å². The Labute approximate surface area is 145 Å². The zero-order valence-electron chi connectivity index (χ0n) is 13.9. The second-order valence-corrected chi connectivity index (χ2v) is 6.42. The van der Waals surface area contributed by atoms with Gasteiger partial charge in [0.2, 0.25) is 0 Å². The lowest BCUT2D eigenvalue weighted by molar-refractivity contribution is 0.666. The molecule has 2 heteroatoms. The van der Waals surface area contributed by atoms with Crippen molar-refractivity contribution >= 4 is 44.1 Å². The average Bonchev–Trinajstić information content (AvgIpc) is 3.03. The van der Waals surface area contributed by atoms with Crippen molar-refractivity contribution in [3.63, 3.8) is 0 Å². The van der Waals surface area contributed by atoms with E-state index in [1.165, 1.54) is 21.7 Å². The molecule has 0 fully saturated rings. The molecule has 4 aromatic carbocycles. The van der Waals surface area contributed by atoms with Gasteiger partial charge in [-0.15, -0.1) is 0 Å². The minimum atomic E-state index is 0.924. The van der Waals surface area contributed by atoms with Gasteiger partial charge in [-0.3, -0.25) is 0 Å². The topological polar surface area (TPSA) is 25.2 Å². The van der Waals surface area contributed by atoms with Crippen molar-refractivity contribution in [2.45, 2.75) is 6.92 Å². The van der Waals surface area contributed by atoms with Crippen molar-refractivity contribution in [1.29, 1.82) is 0 Å². The SMILES string of the molecule is Cc1cc2ccccc2c2c1oc1ccc(Nc3ccccc3)cc12. The van der Waals surface area contributed by atoms with Crippen LogP contribution in [-0.2, 0) is 0 Å². The van der Waals surface area contributed by atoms with Crippen molar-refractivity contribution in [2.75, 3.05) is 5.32 Å². The Bertz CT molecular complexity index is 1220. The highest BCUT2D eigenvalue weighted by Crippen LogP contribution is 2.38. The van der Waals surface area contributed by atoms with Gasteiger partial charge in [-0.05, 0) is 59.7 Å². The van der Waals surface area contributed by atoms with E-state index in [1.807, 2.05) is 18.2 Å². The molecule has 0 bridgehead atoms. The fraction of sp³-hybridized carbons (Fsp3) is 0.0435. The van der Waals surface area contributed by atoms with Crippen LogP contribution < -0.4 is 5.32 Å². The highest BCUT2D eigenvalue weighted by molar-refractivity contribution is 6.20. The number of aryl methyl sites for hydroxylation is 1. The number of nitrogens with one attached hydrogen (secondary N) is 1. The highest BCUT2D eigenvalue weighted by atomic mass is 16.3. The van der Waals surface area contributed by atoms with E-state index in [-0.39, 0.29) is 0 Å². The number of rotatable bonds is 2. The summed E-state index contributed by atoms with van der Waals surface area (Å²) in [5.74, 6) is 0. The van der Waals surface area contributed by atoms with Crippen LogP contribution in [0.15, 0.2) is 83.3 Å². The lowest BCUT2D eigenvalue weighted by Crippen LogP contribution is -1.88. The number of para-hydroxylation sites is 1. The third kappa shape index (κ3) is 2.26. The smallest absolute Gasteiger partial charge is 0.138 e. The zero-order chi connectivity index (χ0) is 16.8. The molecule has 0 aliphatic carbocycles. The first-order valence-corrected chi connectivity index (χ1v) is 8.46. The monoisotopic (exact) mass is 323 g/mol. The molecule has 1 aromatic heterocycles. The summed E-state index contributed by atoms with van der Waals surface area (Å²) < 4.78 is 6.17. The number of hydrogen-bond acceptors (Lipinski definition) is 2. The van der Waals surface area contributed by atoms with Crippen LogP contribution in [0.4, 0.5) is 11.4 Å². The largest absolute Gasteiger partial charge is 0.456 e. The lowest BCUT2D eigenvalue weighted by Gasteiger charge is -2.06. The van der Waals surface area contributed by atoms with Gasteiger partial charge in [0.1, 0.15) is 11.2 Å². The normalized spacial score (nSPS) is 11.4. The molecule has 1 N–H and O–H groups in total. The van der Waals surface area contributed by atoms with Crippen LogP contribution in [0.5, 0.6) is 0 Å². The summed E-state index contributed by atoms with van der Waals surface area (Å²) in [6, 6.07) is 27.2. The molecule has 0 radical (unpaired) electrons. The van der Waals surface area contributed by atoms with Crippen molar-refractivity contribution in [3.05, 3.63) is 84.4 Å². The van der Waals surface area contributed by atoms with Crippen LogP contribution in [0.3, 0.4) is 0 Å². The van der Waals surface area contributed by atoms with E-state index in [9.17, 15) is 0 Å². The maximum absolute atomic E-state index is 6.17. The van der Waals surface area contributed by atoms with E-state index >= 15 is 0 Å². The predicted molar refractivity (Wildman–Crippen MR) is 106 cm³/mol. The maximum atomic E-state index is 6.17. The van der Waals surface area contributed by atoms with E-state index in [4.69, 9.17) is 4.42 Å². The molecule has 120 valence electrons. The van der Waals surface area contributed by atoms with Crippen LogP contribution in [0, 0.1) is 6.92 Å². The first-order chi connectivity index (χ1) is 12.3. The fourth-order valence-electron chi connectivity index (χ4n) is 3.56. The average molecular weight is 323 g/mol. The molecule has 0 aliphatic heterocycles. The lowest BCUT2D eigenvalue weighted by atomic mass is 10.0. The molecule has 2 nitrogen and oxygen atoms in total. The Kier molecular flexibility index (Phi) is 3.04. The number of hydrogen-bond donors (Lipinski definition) is 1. The van der Waals surface area contributed by atoms with Crippen molar-refractivity contribution in [3.8, 4) is 0 Å². The van der Waals surface area contributed by atoms with Gasteiger partial charge in [-0.25, -0.2) is 0 Å². The van der Waals surface area contributed by atoms with Crippen LogP contribution in [-0.4, -0.2) is 0 Å². The van der Waals surface area contributed by atoms with Crippen LogP contribution in [0.1, 0.15) is 5.56 Å². The number of furan rings is 1. The summed E-state index contributed by atoms with van der Waals surface area (Å²) >= 11 is 0. The number of anilines is 2. The van der Waals surface area contributed by atoms with E-state index in [0.29, 0.717) is 0 Å². The summed E-state index contributed by atoms with van der Waals surface area (Å²) in [6.07, 6.45) is 0. The van der Waals surface area contributed by atoms with E-state index in [2.05, 4.69) is 72.9 Å². The van der Waals surface area contributed by atoms with E-state index < -0.39 is 0 Å². The summed E-state index contributed by atoms with van der Waals surface area (Å²) in [6.45, 7) is 2.11. The van der Waals surface area contributed by atoms with Gasteiger partial charge in [0.15, 0.2) is 0 Å². The summed E-state index contributed by atoms with van der Waals surface area (Å²) in [5, 5.41) is 8.30. The first-order valence-electron chi connectivity index (χ1n) is 8.46. The third-order valence-electron chi connectivity index (χ3n) is 4.71. The van der Waals surface area contributed by atoms with Gasteiger partial charge in [0.25, 0.3) is 0 Å². The minimum absolute atomic E-state index is 0.924. The Morgan fingerprint density at radius 1 is 0.720 bits per heavy atom. The minimum Gasteiger partial charge on any atom is -0.456 e. The van der Waals surface area contributed by atoms with Gasteiger partial charge < -0.3 is 9.73 Å². The van der Waals surface area contributed by atoms with Gasteiger partial charge in [0, 0.05) is 22.1 Å². The van der Waals surface area contributed by atoms with E-state index in [1.54, 1.807) is 0 Å². The summed E-state index contributed by atoms with van der Waals surface area (Å²) in [4.78, 5) is 0. The Hall–Kier alpha value is -3.26. The van der Waals surface area contributed by atoms with Gasteiger partial charge in [-0.2, -0.15) is 0 Å². The second-order valence-electron chi connectivity index (χ2n) is 6.42. The maximum Gasteiger partial charge on any atom is 0.138 e. The molecule has 0 saturated carbocycles. The van der Waals surface area contributed by atoms with Crippen LogP contribution in [0.25, 0.3) is 32.7 Å². The molecule has 0 saturated heterocycles. The zero-order valence-corrected chi connectivity index (χ0v) is 13.9. The van der Waals surface area contributed by atoms with Gasteiger partial charge >= 0.3 is 0 Å². The van der Waals surface area contributed by atoms with Gasteiger partial charge in [0.05, 0.1) is 0 Å². The Morgan fingerprint density at radius 3 is 2.40 bits per heavy atom. The first kappa shape index (κ1) is 14.1. The number of benzene rings is 4. The molecule has 0 aliphatic rings. The van der Waals surface area contributed by atoms with Crippen molar-refractivity contribution in [1.82, 2.24) is 0 Å². The molecule has 0 amide bonds. The Morgan fingerprint density at radius 2 is 1.52 bits per heavy atom. The molecule has 5 rings (SSSR count). The number of fused-ring (bicyclic) bond motifs is 5. The van der Waals surface area contributed by atoms with E-state index in [0.717, 1.165) is 27.9 Å². The molecule has 0 atom stereocenters.